The van der Waals surface area contributed by atoms with Gasteiger partial charge in [-0.15, -0.1) is 0 Å². The minimum Gasteiger partial charge on any atom is -0.480 e. The quantitative estimate of drug-likeness (QED) is 0.547. The monoisotopic (exact) mass is 288 g/mol. The van der Waals surface area contributed by atoms with Crippen LogP contribution in [-0.4, -0.2) is 63.4 Å². The number of amides is 2. The molecule has 0 radical (unpaired) electrons. The topological polar surface area (TPSA) is 124 Å². The van der Waals surface area contributed by atoms with E-state index in [1.807, 2.05) is 0 Å². The van der Waals surface area contributed by atoms with E-state index in [1.54, 1.807) is 6.92 Å². The average Bonchev–Trinajstić information content (AvgIpc) is 2.37. The van der Waals surface area contributed by atoms with Gasteiger partial charge in [0.1, 0.15) is 6.42 Å². The van der Waals surface area contributed by atoms with Crippen LogP contribution in [0.4, 0.5) is 4.79 Å². The largest absolute Gasteiger partial charge is 0.480 e. The SMILES string of the molecule is CCOC(=O)CC(=O)N1C(C(=O)O)CCCN1C(=O)O. The Morgan fingerprint density at radius 3 is 2.40 bits per heavy atom. The standard InChI is InChI=1S/C11H16N2O7/c1-2-20-9(15)6-8(14)13-7(10(16)17)4-3-5-12(13)11(18)19/h7H,2-6H2,1H3,(H,16,17)(H,18,19). The molecule has 20 heavy (non-hydrogen) atoms. The molecular formula is C11H16N2O7. The summed E-state index contributed by atoms with van der Waals surface area (Å²) in [6.45, 7) is 1.65. The summed E-state index contributed by atoms with van der Waals surface area (Å²) < 4.78 is 4.59. The fourth-order valence-corrected chi connectivity index (χ4v) is 1.97. The average molecular weight is 288 g/mol. The Bertz CT molecular complexity index is 401. The van der Waals surface area contributed by atoms with E-state index < -0.39 is 36.4 Å². The highest BCUT2D eigenvalue weighted by Gasteiger charge is 2.40. The number of ether oxygens (including phenoxy) is 1. The van der Waals surface area contributed by atoms with Gasteiger partial charge in [0.15, 0.2) is 6.04 Å². The summed E-state index contributed by atoms with van der Waals surface area (Å²) in [5.41, 5.74) is 0. The van der Waals surface area contributed by atoms with Gasteiger partial charge < -0.3 is 14.9 Å². The van der Waals surface area contributed by atoms with Crippen molar-refractivity contribution in [1.82, 2.24) is 10.0 Å². The summed E-state index contributed by atoms with van der Waals surface area (Å²) in [6.07, 6.45) is -1.67. The number of rotatable bonds is 4. The summed E-state index contributed by atoms with van der Waals surface area (Å²) in [6, 6.07) is -1.29. The van der Waals surface area contributed by atoms with E-state index in [2.05, 4.69) is 4.74 Å². The van der Waals surface area contributed by atoms with Gasteiger partial charge in [-0.3, -0.25) is 9.59 Å². The van der Waals surface area contributed by atoms with Crippen LogP contribution in [0.3, 0.4) is 0 Å². The molecule has 1 aliphatic heterocycles. The Hall–Kier alpha value is -2.32. The lowest BCUT2D eigenvalue weighted by molar-refractivity contribution is -0.172. The highest BCUT2D eigenvalue weighted by Crippen LogP contribution is 2.20. The van der Waals surface area contributed by atoms with Gasteiger partial charge in [0, 0.05) is 6.54 Å². The second kappa shape index (κ2) is 6.73. The number of hydrazine groups is 1. The highest BCUT2D eigenvalue weighted by atomic mass is 16.5. The van der Waals surface area contributed by atoms with Gasteiger partial charge in [-0.25, -0.2) is 19.6 Å². The number of aliphatic carboxylic acids is 1. The lowest BCUT2D eigenvalue weighted by Crippen LogP contribution is -2.60. The minimum atomic E-state index is -1.44. The van der Waals surface area contributed by atoms with Crippen LogP contribution in [-0.2, 0) is 19.1 Å². The van der Waals surface area contributed by atoms with E-state index in [1.165, 1.54) is 0 Å². The molecule has 0 aliphatic carbocycles. The maximum Gasteiger partial charge on any atom is 0.426 e. The van der Waals surface area contributed by atoms with Crippen molar-refractivity contribution in [2.45, 2.75) is 32.2 Å². The Morgan fingerprint density at radius 1 is 1.25 bits per heavy atom. The maximum absolute atomic E-state index is 12.0. The fourth-order valence-electron chi connectivity index (χ4n) is 1.97. The summed E-state index contributed by atoms with van der Waals surface area (Å²) in [4.78, 5) is 45.4. The van der Waals surface area contributed by atoms with Gasteiger partial charge in [0.25, 0.3) is 5.91 Å². The molecule has 0 aromatic carbocycles. The van der Waals surface area contributed by atoms with Crippen LogP contribution in [0.5, 0.6) is 0 Å². The minimum absolute atomic E-state index is 0.00762. The molecule has 1 aliphatic rings. The smallest absolute Gasteiger partial charge is 0.426 e. The van der Waals surface area contributed by atoms with Gasteiger partial charge in [-0.1, -0.05) is 0 Å². The molecule has 2 amide bonds. The molecule has 1 atom stereocenters. The van der Waals surface area contributed by atoms with E-state index in [4.69, 9.17) is 10.2 Å². The van der Waals surface area contributed by atoms with Gasteiger partial charge in [0.05, 0.1) is 6.61 Å². The molecule has 1 fully saturated rings. The van der Waals surface area contributed by atoms with Crippen molar-refractivity contribution >= 4 is 23.9 Å². The second-order valence-corrected chi connectivity index (χ2v) is 4.12. The molecule has 9 heteroatoms. The molecule has 1 heterocycles. The van der Waals surface area contributed by atoms with Crippen LogP contribution in [0, 0.1) is 0 Å². The number of hydrogen-bond donors (Lipinski definition) is 2. The zero-order valence-corrected chi connectivity index (χ0v) is 10.9. The Kier molecular flexibility index (Phi) is 5.30. The number of esters is 1. The van der Waals surface area contributed by atoms with Crippen LogP contribution in [0.15, 0.2) is 0 Å². The van der Waals surface area contributed by atoms with E-state index in [0.29, 0.717) is 16.4 Å². The van der Waals surface area contributed by atoms with Crippen molar-refractivity contribution in [1.29, 1.82) is 0 Å². The Labute approximate surface area is 114 Å². The van der Waals surface area contributed by atoms with E-state index in [9.17, 15) is 19.2 Å². The van der Waals surface area contributed by atoms with E-state index >= 15 is 0 Å². The Balaban J connectivity index is 2.91. The molecule has 1 unspecified atom stereocenters. The van der Waals surface area contributed by atoms with E-state index in [-0.39, 0.29) is 19.6 Å². The van der Waals surface area contributed by atoms with Crippen molar-refractivity contribution in [3.05, 3.63) is 0 Å². The third-order valence-corrected chi connectivity index (χ3v) is 2.77. The van der Waals surface area contributed by atoms with Crippen molar-refractivity contribution in [3.8, 4) is 0 Å². The molecule has 0 aromatic heterocycles. The first-order valence-electron chi connectivity index (χ1n) is 6.09. The molecule has 1 rings (SSSR count). The van der Waals surface area contributed by atoms with Crippen molar-refractivity contribution in [2.24, 2.45) is 0 Å². The van der Waals surface area contributed by atoms with Crippen LogP contribution >= 0.6 is 0 Å². The van der Waals surface area contributed by atoms with Gasteiger partial charge >= 0.3 is 18.0 Å². The number of carbonyl (C=O) groups is 4. The third kappa shape index (κ3) is 3.59. The summed E-state index contributed by atoms with van der Waals surface area (Å²) in [7, 11) is 0. The zero-order chi connectivity index (χ0) is 15.3. The van der Waals surface area contributed by atoms with Gasteiger partial charge in [-0.05, 0) is 19.8 Å². The molecule has 0 bridgehead atoms. The summed E-state index contributed by atoms with van der Waals surface area (Å²) in [5.74, 6) is -3.04. The number of carboxylic acids is 1. The first-order valence-corrected chi connectivity index (χ1v) is 6.09. The summed E-state index contributed by atoms with van der Waals surface area (Å²) >= 11 is 0. The molecule has 0 aromatic rings. The zero-order valence-electron chi connectivity index (χ0n) is 10.9. The molecule has 2 N–H and O–H groups in total. The van der Waals surface area contributed by atoms with Crippen molar-refractivity contribution < 1.29 is 34.1 Å². The second-order valence-electron chi connectivity index (χ2n) is 4.12. The van der Waals surface area contributed by atoms with Gasteiger partial charge in [-0.2, -0.15) is 0 Å². The molecule has 9 nitrogen and oxygen atoms in total. The maximum atomic E-state index is 12.0. The predicted octanol–water partition coefficient (Wildman–Crippen LogP) is -0.0898. The van der Waals surface area contributed by atoms with Crippen molar-refractivity contribution in [2.75, 3.05) is 13.2 Å². The first-order chi connectivity index (χ1) is 9.38. The van der Waals surface area contributed by atoms with Crippen LogP contribution < -0.4 is 0 Å². The lowest BCUT2D eigenvalue weighted by Gasteiger charge is -2.40. The van der Waals surface area contributed by atoms with E-state index in [0.717, 1.165) is 0 Å². The number of hydrogen-bond acceptors (Lipinski definition) is 5. The number of nitrogens with zero attached hydrogens (tertiary/aromatic N) is 2. The molecule has 0 spiro atoms. The third-order valence-electron chi connectivity index (χ3n) is 2.77. The normalized spacial score (nSPS) is 18.6. The van der Waals surface area contributed by atoms with Crippen LogP contribution in [0.1, 0.15) is 26.2 Å². The Morgan fingerprint density at radius 2 is 1.90 bits per heavy atom. The van der Waals surface area contributed by atoms with Gasteiger partial charge in [0.2, 0.25) is 0 Å². The first kappa shape index (κ1) is 15.7. The molecule has 112 valence electrons. The fraction of sp³-hybridized carbons (Fsp3) is 0.636. The number of carbonyl (C=O) groups excluding carboxylic acids is 2. The van der Waals surface area contributed by atoms with Crippen LogP contribution in [0.25, 0.3) is 0 Å². The summed E-state index contributed by atoms with van der Waals surface area (Å²) in [5, 5.41) is 19.3. The van der Waals surface area contributed by atoms with Crippen LogP contribution in [0.2, 0.25) is 0 Å². The number of carboxylic acid groups (broad SMARTS) is 2. The van der Waals surface area contributed by atoms with Crippen molar-refractivity contribution in [3.63, 3.8) is 0 Å². The molecule has 1 saturated heterocycles. The molecule has 0 saturated carbocycles. The molecular weight excluding hydrogens is 272 g/mol. The highest BCUT2D eigenvalue weighted by molar-refractivity contribution is 5.96. The predicted molar refractivity (Wildman–Crippen MR) is 63.5 cm³/mol. The lowest BCUT2D eigenvalue weighted by atomic mass is 10.1.